The molecule has 66 valence electrons. The lowest BCUT2D eigenvalue weighted by Crippen LogP contribution is -2.28. The molecule has 0 atom stereocenters. The van der Waals surface area contributed by atoms with E-state index in [0.29, 0.717) is 0 Å². The van der Waals surface area contributed by atoms with Crippen LogP contribution in [-0.2, 0) is 5.92 Å². The van der Waals surface area contributed by atoms with Gasteiger partial charge in [-0.15, -0.1) is 0 Å². The summed E-state index contributed by atoms with van der Waals surface area (Å²) in [7, 11) is 0. The Hall–Kier alpha value is -1.00. The lowest BCUT2D eigenvalue weighted by atomic mass is 10.1. The van der Waals surface area contributed by atoms with Gasteiger partial charge in [-0.05, 0) is 0 Å². The normalized spacial score (nSPS) is 11.6. The van der Waals surface area contributed by atoms with E-state index in [-0.39, 0.29) is 5.56 Å². The molecule has 0 aliphatic carbocycles. The molecule has 1 aromatic rings. The van der Waals surface area contributed by atoms with E-state index >= 15 is 0 Å². The molecular weight excluding hydrogens is 164 g/mol. The van der Waals surface area contributed by atoms with E-state index in [2.05, 4.69) is 0 Å². The Bertz CT molecular complexity index is 238. The Morgan fingerprint density at radius 3 is 2.33 bits per heavy atom. The van der Waals surface area contributed by atoms with E-state index in [1.165, 1.54) is 29.7 Å². The molecule has 0 spiro atoms. The molecule has 0 bridgehead atoms. The van der Waals surface area contributed by atoms with E-state index in [1.807, 2.05) is 0 Å². The van der Waals surface area contributed by atoms with Crippen LogP contribution in [0.2, 0.25) is 0 Å². The number of benzene rings is 1. The van der Waals surface area contributed by atoms with E-state index < -0.39 is 12.5 Å². The highest BCUT2D eigenvalue weighted by atomic mass is 19.3. The lowest BCUT2D eigenvalue weighted by molar-refractivity contribution is -0.0350. The second kappa shape index (κ2) is 3.60. The van der Waals surface area contributed by atoms with Gasteiger partial charge in [0.15, 0.2) is 0 Å². The van der Waals surface area contributed by atoms with Gasteiger partial charge in [-0.1, -0.05) is 30.3 Å². The van der Waals surface area contributed by atoms with Crippen LogP contribution >= 0.6 is 0 Å². The summed E-state index contributed by atoms with van der Waals surface area (Å²) in [6, 6.07) is 7.35. The monoisotopic (exact) mass is 173 g/mol. The maximum Gasteiger partial charge on any atom is 0.287 e. The van der Waals surface area contributed by atoms with Crippen LogP contribution in [0, 0.1) is 0 Å². The fourth-order valence-corrected chi connectivity index (χ4v) is 0.883. The number of rotatable bonds is 3. The van der Waals surface area contributed by atoms with Crippen molar-refractivity contribution in [3.8, 4) is 0 Å². The summed E-state index contributed by atoms with van der Waals surface area (Å²) in [6.45, 7) is -0.767. The second-order valence-electron chi connectivity index (χ2n) is 2.41. The third kappa shape index (κ3) is 1.99. The van der Waals surface area contributed by atoms with Crippen molar-refractivity contribution in [3.05, 3.63) is 35.9 Å². The molecule has 0 unspecified atom stereocenters. The van der Waals surface area contributed by atoms with E-state index in [1.54, 1.807) is 6.07 Å². The largest absolute Gasteiger partial charge is 0.317 e. The highest BCUT2D eigenvalue weighted by Crippen LogP contribution is 2.26. The fraction of sp³-hybridized carbons (Fsp3) is 0.250. The first kappa shape index (κ1) is 9.09. The molecule has 0 aliphatic heterocycles. The van der Waals surface area contributed by atoms with Crippen molar-refractivity contribution >= 4 is 0 Å². The van der Waals surface area contributed by atoms with Crippen molar-refractivity contribution in [2.24, 2.45) is 0 Å². The number of halogens is 2. The molecule has 0 saturated heterocycles. The molecule has 1 rings (SSSR count). The predicted octanol–water partition coefficient (Wildman–Crippen LogP) is 1.76. The number of alkyl halides is 2. The quantitative estimate of drug-likeness (QED) is 0.682. The summed E-state index contributed by atoms with van der Waals surface area (Å²) in [5, 5.41) is 8.13. The predicted molar refractivity (Wildman–Crippen MR) is 40.1 cm³/mol. The van der Waals surface area contributed by atoms with Crippen LogP contribution in [-0.4, -0.2) is 11.8 Å². The minimum absolute atomic E-state index is 0.105. The zero-order valence-electron chi connectivity index (χ0n) is 6.30. The molecule has 0 aliphatic rings. The van der Waals surface area contributed by atoms with Gasteiger partial charge >= 0.3 is 0 Å². The molecule has 0 aromatic heterocycles. The van der Waals surface area contributed by atoms with Crippen molar-refractivity contribution in [1.29, 1.82) is 0 Å². The smallest absolute Gasteiger partial charge is 0.287 e. The molecule has 0 radical (unpaired) electrons. The molecule has 0 fully saturated rings. The van der Waals surface area contributed by atoms with Crippen LogP contribution in [0.25, 0.3) is 0 Å². The Kier molecular flexibility index (Phi) is 2.73. The third-order valence-corrected chi connectivity index (χ3v) is 1.50. The summed E-state index contributed by atoms with van der Waals surface area (Å²) >= 11 is 0. The van der Waals surface area contributed by atoms with Gasteiger partial charge in [0.2, 0.25) is 0 Å². The highest BCUT2D eigenvalue weighted by Gasteiger charge is 2.30. The summed E-state index contributed by atoms with van der Waals surface area (Å²) < 4.78 is 25.9. The minimum Gasteiger partial charge on any atom is -0.317 e. The summed E-state index contributed by atoms with van der Waals surface area (Å²) in [6.07, 6.45) is 0. The molecule has 12 heavy (non-hydrogen) atoms. The lowest BCUT2D eigenvalue weighted by Gasteiger charge is -2.14. The summed E-state index contributed by atoms with van der Waals surface area (Å²) in [4.78, 5) is 0. The van der Waals surface area contributed by atoms with E-state index in [9.17, 15) is 8.78 Å². The minimum atomic E-state index is -3.02. The molecule has 0 amide bonds. The van der Waals surface area contributed by atoms with Gasteiger partial charge in [-0.25, -0.2) is 0 Å². The standard InChI is InChI=1S/C8H9F2NO/c9-8(10,6-11-12)7-4-2-1-3-5-7/h1-5,11-12H,6H2. The third-order valence-electron chi connectivity index (χ3n) is 1.50. The number of hydrogen-bond acceptors (Lipinski definition) is 2. The second-order valence-corrected chi connectivity index (χ2v) is 2.41. The van der Waals surface area contributed by atoms with Crippen LogP contribution in [0.1, 0.15) is 5.56 Å². The van der Waals surface area contributed by atoms with Crippen LogP contribution in [0.3, 0.4) is 0 Å². The number of nitrogens with one attached hydrogen (secondary N) is 1. The topological polar surface area (TPSA) is 32.3 Å². The van der Waals surface area contributed by atoms with Gasteiger partial charge in [-0.3, -0.25) is 0 Å². The van der Waals surface area contributed by atoms with Crippen molar-refractivity contribution in [2.75, 3.05) is 6.54 Å². The van der Waals surface area contributed by atoms with Gasteiger partial charge in [0, 0.05) is 5.56 Å². The van der Waals surface area contributed by atoms with E-state index in [0.717, 1.165) is 0 Å². The number of hydroxylamine groups is 1. The van der Waals surface area contributed by atoms with Crippen LogP contribution < -0.4 is 5.48 Å². The van der Waals surface area contributed by atoms with Gasteiger partial charge in [0.1, 0.15) is 0 Å². The molecule has 0 heterocycles. The van der Waals surface area contributed by atoms with Gasteiger partial charge < -0.3 is 5.21 Å². The SMILES string of the molecule is ONCC(F)(F)c1ccccc1. The Labute approximate surface area is 68.8 Å². The molecular formula is C8H9F2NO. The van der Waals surface area contributed by atoms with Crippen molar-refractivity contribution in [2.45, 2.75) is 5.92 Å². The maximum absolute atomic E-state index is 12.9. The summed E-state index contributed by atoms with van der Waals surface area (Å²) in [5.74, 6) is -3.02. The highest BCUT2D eigenvalue weighted by molar-refractivity contribution is 5.20. The van der Waals surface area contributed by atoms with Crippen molar-refractivity contribution in [1.82, 2.24) is 5.48 Å². The zero-order chi connectivity index (χ0) is 9.03. The first-order chi connectivity index (χ1) is 5.67. The van der Waals surface area contributed by atoms with Gasteiger partial charge in [-0.2, -0.15) is 14.3 Å². The average Bonchev–Trinajstić information content (AvgIpc) is 2.06. The molecule has 2 nitrogen and oxygen atoms in total. The van der Waals surface area contributed by atoms with Crippen molar-refractivity contribution in [3.63, 3.8) is 0 Å². The Morgan fingerprint density at radius 2 is 1.83 bits per heavy atom. The van der Waals surface area contributed by atoms with E-state index in [4.69, 9.17) is 5.21 Å². The molecule has 4 heteroatoms. The Balaban J connectivity index is 2.82. The van der Waals surface area contributed by atoms with Crippen molar-refractivity contribution < 1.29 is 14.0 Å². The first-order valence-corrected chi connectivity index (χ1v) is 3.47. The molecule has 1 aromatic carbocycles. The van der Waals surface area contributed by atoms with Crippen LogP contribution in [0.4, 0.5) is 8.78 Å². The van der Waals surface area contributed by atoms with Crippen LogP contribution in [0.15, 0.2) is 30.3 Å². The van der Waals surface area contributed by atoms with Gasteiger partial charge in [0.05, 0.1) is 6.54 Å². The maximum atomic E-state index is 12.9. The zero-order valence-corrected chi connectivity index (χ0v) is 6.30. The molecule has 0 saturated carbocycles. The molecule has 2 N–H and O–H groups in total. The van der Waals surface area contributed by atoms with Crippen LogP contribution in [0.5, 0.6) is 0 Å². The first-order valence-electron chi connectivity index (χ1n) is 3.47. The Morgan fingerprint density at radius 1 is 1.25 bits per heavy atom. The summed E-state index contributed by atoms with van der Waals surface area (Å²) in [5.41, 5.74) is 1.35. The average molecular weight is 173 g/mol. The van der Waals surface area contributed by atoms with Gasteiger partial charge in [0.25, 0.3) is 5.92 Å². The number of hydrogen-bond donors (Lipinski definition) is 2. The fourth-order valence-electron chi connectivity index (χ4n) is 0.883.